The van der Waals surface area contributed by atoms with E-state index in [2.05, 4.69) is 34.8 Å². The minimum absolute atomic E-state index is 0.0755. The molecule has 0 heterocycles. The Balaban J connectivity index is 1.92. The highest BCUT2D eigenvalue weighted by Gasteiger charge is 2.31. The van der Waals surface area contributed by atoms with Gasteiger partial charge < -0.3 is 15.0 Å². The first-order valence-corrected chi connectivity index (χ1v) is 13.6. The van der Waals surface area contributed by atoms with E-state index in [1.165, 1.54) is 4.90 Å². The van der Waals surface area contributed by atoms with Crippen molar-refractivity contribution < 1.29 is 14.3 Å². The van der Waals surface area contributed by atoms with Crippen molar-refractivity contribution in [2.45, 2.75) is 38.8 Å². The van der Waals surface area contributed by atoms with Gasteiger partial charge in [-0.1, -0.05) is 72.9 Å². The van der Waals surface area contributed by atoms with Crippen molar-refractivity contribution in [1.82, 2.24) is 10.2 Å². The Morgan fingerprint density at radius 2 is 1.64 bits per heavy atom. The van der Waals surface area contributed by atoms with Crippen LogP contribution in [0.3, 0.4) is 0 Å². The van der Waals surface area contributed by atoms with Gasteiger partial charge >= 0.3 is 0 Å². The molecule has 190 valence electrons. The van der Waals surface area contributed by atoms with Gasteiger partial charge in [0.05, 0.1) is 0 Å². The Morgan fingerprint density at radius 1 is 0.972 bits per heavy atom. The first-order valence-electron chi connectivity index (χ1n) is 11.8. The molecule has 0 saturated carbocycles. The van der Waals surface area contributed by atoms with Crippen LogP contribution in [0, 0.1) is 3.57 Å². The lowest BCUT2D eigenvalue weighted by atomic mass is 10.0. The summed E-state index contributed by atoms with van der Waals surface area (Å²) in [6.07, 6.45) is 2.14. The molecular formula is C28H29Cl2IN2O3. The molecule has 0 unspecified atom stereocenters. The third kappa shape index (κ3) is 8.39. The van der Waals surface area contributed by atoms with Gasteiger partial charge in [0.25, 0.3) is 5.91 Å². The van der Waals surface area contributed by atoms with Gasteiger partial charge in [-0.3, -0.25) is 9.59 Å². The van der Waals surface area contributed by atoms with Crippen LogP contribution in [0.15, 0.2) is 72.8 Å². The molecule has 0 saturated heterocycles. The van der Waals surface area contributed by atoms with Crippen LogP contribution in [0.5, 0.6) is 5.75 Å². The Hall–Kier alpha value is -2.29. The highest BCUT2D eigenvalue weighted by Crippen LogP contribution is 2.27. The largest absolute Gasteiger partial charge is 0.484 e. The van der Waals surface area contributed by atoms with Crippen LogP contribution in [0.25, 0.3) is 0 Å². The molecule has 0 bridgehead atoms. The zero-order chi connectivity index (χ0) is 25.9. The van der Waals surface area contributed by atoms with E-state index in [1.54, 1.807) is 18.2 Å². The molecule has 0 spiro atoms. The predicted molar refractivity (Wildman–Crippen MR) is 154 cm³/mol. The third-order valence-electron chi connectivity index (χ3n) is 5.67. The molecule has 0 radical (unpaired) electrons. The predicted octanol–water partition coefficient (Wildman–Crippen LogP) is 6.53. The highest BCUT2D eigenvalue weighted by molar-refractivity contribution is 14.1. The van der Waals surface area contributed by atoms with Crippen molar-refractivity contribution in [3.8, 4) is 5.75 Å². The number of ether oxygens (including phenoxy) is 1. The van der Waals surface area contributed by atoms with Gasteiger partial charge in [-0.25, -0.2) is 0 Å². The second-order valence-electron chi connectivity index (χ2n) is 8.31. The van der Waals surface area contributed by atoms with Crippen molar-refractivity contribution in [2.75, 3.05) is 13.2 Å². The number of nitrogens with zero attached hydrogens (tertiary/aromatic N) is 1. The lowest BCUT2D eigenvalue weighted by Crippen LogP contribution is -2.52. The van der Waals surface area contributed by atoms with E-state index < -0.39 is 6.04 Å². The number of nitrogens with one attached hydrogen (secondary N) is 1. The molecule has 2 amide bonds. The van der Waals surface area contributed by atoms with Crippen molar-refractivity contribution in [1.29, 1.82) is 0 Å². The van der Waals surface area contributed by atoms with E-state index in [1.807, 2.05) is 54.6 Å². The second-order valence-corrected chi connectivity index (χ2v) is 10.4. The van der Waals surface area contributed by atoms with Crippen LogP contribution in [0.4, 0.5) is 0 Å². The number of amides is 2. The molecule has 3 rings (SSSR count). The lowest BCUT2D eigenvalue weighted by molar-refractivity contribution is -0.142. The number of halogens is 3. The van der Waals surface area contributed by atoms with Gasteiger partial charge in [-0.15, -0.1) is 0 Å². The minimum Gasteiger partial charge on any atom is -0.484 e. The summed E-state index contributed by atoms with van der Waals surface area (Å²) in [5, 5.41) is 3.86. The summed E-state index contributed by atoms with van der Waals surface area (Å²) in [5.74, 6) is 0.0145. The van der Waals surface area contributed by atoms with Crippen LogP contribution in [0.2, 0.25) is 10.0 Å². The molecule has 0 aromatic heterocycles. The summed E-state index contributed by atoms with van der Waals surface area (Å²) in [5.41, 5.74) is 1.53. The molecular weight excluding hydrogens is 610 g/mol. The third-order valence-corrected chi connectivity index (χ3v) is 7.09. The van der Waals surface area contributed by atoms with Gasteiger partial charge in [0.1, 0.15) is 11.8 Å². The normalized spacial score (nSPS) is 11.6. The van der Waals surface area contributed by atoms with Crippen LogP contribution in [-0.4, -0.2) is 35.9 Å². The Kier molecular flexibility index (Phi) is 11.4. The Bertz CT molecular complexity index is 1120. The van der Waals surface area contributed by atoms with E-state index in [4.69, 9.17) is 27.9 Å². The summed E-state index contributed by atoms with van der Waals surface area (Å²) in [6.45, 7) is 2.45. The zero-order valence-electron chi connectivity index (χ0n) is 20.1. The van der Waals surface area contributed by atoms with Crippen LogP contribution in [-0.2, 0) is 22.6 Å². The van der Waals surface area contributed by atoms with Gasteiger partial charge in [0.15, 0.2) is 6.61 Å². The van der Waals surface area contributed by atoms with E-state index in [9.17, 15) is 9.59 Å². The fraction of sp³-hybridized carbons (Fsp3) is 0.286. The number of unbranched alkanes of at least 4 members (excludes halogenated alkanes) is 1. The molecule has 1 N–H and O–H groups in total. The van der Waals surface area contributed by atoms with Gasteiger partial charge in [0, 0.05) is 38.7 Å². The second kappa shape index (κ2) is 14.4. The van der Waals surface area contributed by atoms with Crippen molar-refractivity contribution in [3.63, 3.8) is 0 Å². The number of benzene rings is 3. The number of carbonyl (C=O) groups is 2. The van der Waals surface area contributed by atoms with E-state index in [-0.39, 0.29) is 25.0 Å². The Morgan fingerprint density at radius 3 is 2.28 bits per heavy atom. The van der Waals surface area contributed by atoms with Crippen molar-refractivity contribution in [2.24, 2.45) is 0 Å². The average Bonchev–Trinajstić information content (AvgIpc) is 2.88. The van der Waals surface area contributed by atoms with E-state index >= 15 is 0 Å². The maximum atomic E-state index is 13.6. The molecule has 1 atom stereocenters. The first-order chi connectivity index (χ1) is 17.4. The van der Waals surface area contributed by atoms with Gasteiger partial charge in [-0.05, 0) is 71.0 Å². The van der Waals surface area contributed by atoms with Crippen LogP contribution in [0.1, 0.15) is 30.9 Å². The number of hydrogen-bond donors (Lipinski definition) is 1. The number of carbonyl (C=O) groups excluding carboxylic acids is 2. The molecule has 8 heteroatoms. The summed E-state index contributed by atoms with van der Waals surface area (Å²) in [6, 6.07) is 21.5. The zero-order valence-corrected chi connectivity index (χ0v) is 23.7. The summed E-state index contributed by atoms with van der Waals surface area (Å²) in [7, 11) is 0. The SMILES string of the molecule is CCCCNC(=O)[C@H](Cc1ccccc1)N(Cc1c(Cl)cccc1Cl)C(=O)COc1ccc(I)cc1. The molecule has 0 aliphatic rings. The molecule has 0 aliphatic heterocycles. The summed E-state index contributed by atoms with van der Waals surface area (Å²) in [4.78, 5) is 28.6. The minimum atomic E-state index is -0.774. The Labute approximate surface area is 236 Å². The molecule has 36 heavy (non-hydrogen) atoms. The molecule has 3 aromatic carbocycles. The smallest absolute Gasteiger partial charge is 0.261 e. The van der Waals surface area contributed by atoms with Gasteiger partial charge in [-0.2, -0.15) is 0 Å². The molecule has 0 aliphatic carbocycles. The quantitative estimate of drug-likeness (QED) is 0.181. The van der Waals surface area contributed by atoms with E-state index in [0.29, 0.717) is 34.3 Å². The van der Waals surface area contributed by atoms with E-state index in [0.717, 1.165) is 22.0 Å². The molecule has 3 aromatic rings. The van der Waals surface area contributed by atoms with Crippen LogP contribution < -0.4 is 10.1 Å². The maximum Gasteiger partial charge on any atom is 0.261 e. The standard InChI is InChI=1S/C28H29Cl2IN2O3/c1-2-3-16-32-28(35)26(17-20-8-5-4-6-9-20)33(18-23-24(29)10-7-11-25(23)30)27(34)19-36-22-14-12-21(31)13-15-22/h4-15,26H,2-3,16-19H2,1H3,(H,32,35)/t26-/m0/s1. The lowest BCUT2D eigenvalue weighted by Gasteiger charge is -2.32. The highest BCUT2D eigenvalue weighted by atomic mass is 127. The fourth-order valence-corrected chi connectivity index (χ4v) is 4.55. The fourth-order valence-electron chi connectivity index (χ4n) is 3.67. The topological polar surface area (TPSA) is 58.6 Å². The number of hydrogen-bond acceptors (Lipinski definition) is 3. The van der Waals surface area contributed by atoms with Crippen molar-refractivity contribution >= 4 is 57.6 Å². The average molecular weight is 639 g/mol. The molecule has 0 fully saturated rings. The van der Waals surface area contributed by atoms with Gasteiger partial charge in [0.2, 0.25) is 5.91 Å². The summed E-state index contributed by atoms with van der Waals surface area (Å²) < 4.78 is 6.85. The number of rotatable bonds is 12. The van der Waals surface area contributed by atoms with Crippen molar-refractivity contribution in [3.05, 3.63) is 97.5 Å². The monoisotopic (exact) mass is 638 g/mol. The maximum absolute atomic E-state index is 13.6. The summed E-state index contributed by atoms with van der Waals surface area (Å²) >= 11 is 15.1. The molecule has 5 nitrogen and oxygen atoms in total. The first kappa shape index (κ1) is 28.3. The van der Waals surface area contributed by atoms with Crippen LogP contribution >= 0.6 is 45.8 Å².